The maximum atomic E-state index is 11.2. The van der Waals surface area contributed by atoms with Gasteiger partial charge in [0.25, 0.3) is 0 Å². The molecule has 0 spiro atoms. The summed E-state index contributed by atoms with van der Waals surface area (Å²) in [6.45, 7) is 5.24. The largest absolute Gasteiger partial charge is 0.389 e. The maximum Gasteiger partial charge on any atom is 0.0728 e. The number of piperazine rings is 1. The van der Waals surface area contributed by atoms with E-state index in [1.165, 1.54) is 16.3 Å². The minimum Gasteiger partial charge on any atom is -0.389 e. The summed E-state index contributed by atoms with van der Waals surface area (Å²) in [7, 11) is 0. The van der Waals surface area contributed by atoms with E-state index >= 15 is 0 Å². The summed E-state index contributed by atoms with van der Waals surface area (Å²) < 4.78 is 0. The van der Waals surface area contributed by atoms with E-state index in [1.54, 1.807) is 0 Å². The van der Waals surface area contributed by atoms with Gasteiger partial charge in [-0.2, -0.15) is 0 Å². The summed E-state index contributed by atoms with van der Waals surface area (Å²) in [5.74, 6) is 0.209. The Balaban J connectivity index is 1.71. The molecule has 3 heteroatoms. The minimum atomic E-state index is -0.519. The van der Waals surface area contributed by atoms with Gasteiger partial charge in [0.15, 0.2) is 0 Å². The van der Waals surface area contributed by atoms with Gasteiger partial charge in [0.1, 0.15) is 0 Å². The number of fused-ring (bicyclic) bond motifs is 1. The van der Waals surface area contributed by atoms with Crippen molar-refractivity contribution in [3.8, 4) is 0 Å². The standard InChI is InChI=1S/C20H26N2O/c23-20(9-4-10-20)19(15-22-13-11-21-12-14-22)18-8-3-6-16-5-1-2-7-17(16)18/h1-3,5-8,19,21,23H,4,9-15H2/t19-/m0/s1. The Morgan fingerprint density at radius 1 is 1.04 bits per heavy atom. The number of hydrogen-bond donors (Lipinski definition) is 2. The maximum absolute atomic E-state index is 11.2. The van der Waals surface area contributed by atoms with Gasteiger partial charge in [0.2, 0.25) is 0 Å². The minimum absolute atomic E-state index is 0.209. The lowest BCUT2D eigenvalue weighted by Gasteiger charge is -2.46. The van der Waals surface area contributed by atoms with Crippen LogP contribution in [0.4, 0.5) is 0 Å². The van der Waals surface area contributed by atoms with Crippen LogP contribution in [-0.4, -0.2) is 48.3 Å². The molecule has 1 aliphatic carbocycles. The highest BCUT2D eigenvalue weighted by Gasteiger charge is 2.44. The zero-order valence-corrected chi connectivity index (χ0v) is 13.7. The topological polar surface area (TPSA) is 35.5 Å². The van der Waals surface area contributed by atoms with E-state index in [4.69, 9.17) is 0 Å². The van der Waals surface area contributed by atoms with Crippen molar-refractivity contribution in [1.29, 1.82) is 0 Å². The van der Waals surface area contributed by atoms with Crippen LogP contribution in [0.5, 0.6) is 0 Å². The highest BCUT2D eigenvalue weighted by molar-refractivity contribution is 5.86. The molecule has 23 heavy (non-hydrogen) atoms. The fourth-order valence-electron chi connectivity index (χ4n) is 4.15. The van der Waals surface area contributed by atoms with Gasteiger partial charge in [0.05, 0.1) is 5.60 Å². The Labute approximate surface area is 138 Å². The molecule has 1 atom stereocenters. The molecule has 2 aromatic carbocycles. The first-order valence-electron chi connectivity index (χ1n) is 8.89. The third-order valence-electron chi connectivity index (χ3n) is 5.72. The lowest BCUT2D eigenvalue weighted by molar-refractivity contribution is -0.0648. The lowest BCUT2D eigenvalue weighted by atomic mass is 9.67. The molecule has 1 saturated carbocycles. The zero-order valence-electron chi connectivity index (χ0n) is 13.7. The Morgan fingerprint density at radius 2 is 1.78 bits per heavy atom. The monoisotopic (exact) mass is 310 g/mol. The second-order valence-electron chi connectivity index (χ2n) is 7.13. The van der Waals surface area contributed by atoms with Crippen LogP contribution in [-0.2, 0) is 0 Å². The molecule has 0 bridgehead atoms. The number of nitrogens with zero attached hydrogens (tertiary/aromatic N) is 1. The van der Waals surface area contributed by atoms with Gasteiger partial charge < -0.3 is 15.3 Å². The van der Waals surface area contributed by atoms with Gasteiger partial charge in [-0.15, -0.1) is 0 Å². The quantitative estimate of drug-likeness (QED) is 0.911. The van der Waals surface area contributed by atoms with Crippen LogP contribution in [0, 0.1) is 0 Å². The van der Waals surface area contributed by atoms with E-state index in [0.29, 0.717) is 0 Å². The third-order valence-corrected chi connectivity index (χ3v) is 5.72. The summed E-state index contributed by atoms with van der Waals surface area (Å²) in [5.41, 5.74) is 0.804. The van der Waals surface area contributed by atoms with Crippen LogP contribution in [0.15, 0.2) is 42.5 Å². The summed E-state index contributed by atoms with van der Waals surface area (Å²) in [6, 6.07) is 15.1. The van der Waals surface area contributed by atoms with E-state index in [9.17, 15) is 5.11 Å². The number of hydrogen-bond acceptors (Lipinski definition) is 3. The zero-order chi connectivity index (χ0) is 15.7. The molecule has 0 radical (unpaired) electrons. The predicted molar refractivity (Wildman–Crippen MR) is 94.8 cm³/mol. The normalized spacial score (nSPS) is 22.7. The van der Waals surface area contributed by atoms with Crippen LogP contribution in [0.1, 0.15) is 30.7 Å². The molecule has 2 aromatic rings. The van der Waals surface area contributed by atoms with Crippen molar-refractivity contribution >= 4 is 10.8 Å². The molecule has 122 valence electrons. The Kier molecular flexibility index (Phi) is 4.10. The van der Waals surface area contributed by atoms with Gasteiger partial charge >= 0.3 is 0 Å². The molecule has 1 aliphatic heterocycles. The van der Waals surface area contributed by atoms with Gasteiger partial charge in [-0.25, -0.2) is 0 Å². The summed E-state index contributed by atoms with van der Waals surface area (Å²) in [4.78, 5) is 2.51. The first-order valence-corrected chi connectivity index (χ1v) is 8.89. The SMILES string of the molecule is OC1([C@@H](CN2CCNCC2)c2cccc3ccccc23)CCC1. The Hall–Kier alpha value is -1.42. The third kappa shape index (κ3) is 2.89. The van der Waals surface area contributed by atoms with E-state index in [1.807, 2.05) is 0 Å². The van der Waals surface area contributed by atoms with E-state index < -0.39 is 5.60 Å². The van der Waals surface area contributed by atoms with Crippen molar-refractivity contribution < 1.29 is 5.11 Å². The molecule has 0 amide bonds. The van der Waals surface area contributed by atoms with Gasteiger partial charge in [-0.3, -0.25) is 0 Å². The molecule has 1 saturated heterocycles. The molecule has 0 unspecified atom stereocenters. The van der Waals surface area contributed by atoms with E-state index in [2.05, 4.69) is 52.7 Å². The summed E-state index contributed by atoms with van der Waals surface area (Å²) in [6.07, 6.45) is 3.03. The van der Waals surface area contributed by atoms with Crippen molar-refractivity contribution in [2.75, 3.05) is 32.7 Å². The van der Waals surface area contributed by atoms with Crippen LogP contribution >= 0.6 is 0 Å². The molecule has 2 fully saturated rings. The summed E-state index contributed by atoms with van der Waals surface area (Å²) in [5, 5.41) is 17.2. The number of nitrogens with one attached hydrogen (secondary N) is 1. The number of rotatable bonds is 4. The fourth-order valence-corrected chi connectivity index (χ4v) is 4.15. The van der Waals surface area contributed by atoms with Crippen LogP contribution in [0.3, 0.4) is 0 Å². The molecule has 3 nitrogen and oxygen atoms in total. The molecular formula is C20H26N2O. The second-order valence-corrected chi connectivity index (χ2v) is 7.13. The van der Waals surface area contributed by atoms with Gasteiger partial charge in [-0.1, -0.05) is 42.5 Å². The first kappa shape index (κ1) is 15.1. The number of benzene rings is 2. The number of aliphatic hydroxyl groups is 1. The highest BCUT2D eigenvalue weighted by atomic mass is 16.3. The Morgan fingerprint density at radius 3 is 2.52 bits per heavy atom. The van der Waals surface area contributed by atoms with Gasteiger partial charge in [-0.05, 0) is 35.6 Å². The first-order chi connectivity index (χ1) is 11.3. The Bertz CT molecular complexity index is 669. The van der Waals surface area contributed by atoms with Gasteiger partial charge in [0, 0.05) is 38.6 Å². The fraction of sp³-hybridized carbons (Fsp3) is 0.500. The predicted octanol–water partition coefficient (Wildman–Crippen LogP) is 2.74. The lowest BCUT2D eigenvalue weighted by Crippen LogP contribution is -2.51. The van der Waals surface area contributed by atoms with E-state index in [0.717, 1.165) is 52.0 Å². The molecule has 1 heterocycles. The van der Waals surface area contributed by atoms with Crippen molar-refractivity contribution in [3.63, 3.8) is 0 Å². The highest BCUT2D eigenvalue weighted by Crippen LogP contribution is 2.45. The van der Waals surface area contributed by atoms with E-state index in [-0.39, 0.29) is 5.92 Å². The van der Waals surface area contributed by atoms with Crippen molar-refractivity contribution in [2.24, 2.45) is 0 Å². The average molecular weight is 310 g/mol. The molecule has 2 aliphatic rings. The smallest absolute Gasteiger partial charge is 0.0728 e. The van der Waals surface area contributed by atoms with Crippen molar-refractivity contribution in [3.05, 3.63) is 48.0 Å². The van der Waals surface area contributed by atoms with Crippen molar-refractivity contribution in [2.45, 2.75) is 30.8 Å². The van der Waals surface area contributed by atoms with Crippen LogP contribution < -0.4 is 5.32 Å². The molecule has 0 aromatic heterocycles. The molecular weight excluding hydrogens is 284 g/mol. The molecule has 2 N–H and O–H groups in total. The average Bonchev–Trinajstić information content (AvgIpc) is 2.58. The molecule has 4 rings (SSSR count). The van der Waals surface area contributed by atoms with Crippen LogP contribution in [0.25, 0.3) is 10.8 Å². The second kappa shape index (κ2) is 6.23. The summed E-state index contributed by atoms with van der Waals surface area (Å²) >= 11 is 0. The van der Waals surface area contributed by atoms with Crippen molar-refractivity contribution in [1.82, 2.24) is 10.2 Å². The van der Waals surface area contributed by atoms with Crippen LogP contribution in [0.2, 0.25) is 0 Å².